The lowest BCUT2D eigenvalue weighted by molar-refractivity contribution is -0.121. The van der Waals surface area contributed by atoms with Gasteiger partial charge in [-0.2, -0.15) is 0 Å². The lowest BCUT2D eigenvalue weighted by atomic mass is 9.95. The van der Waals surface area contributed by atoms with Crippen molar-refractivity contribution >= 4 is 11.6 Å². The zero-order chi connectivity index (χ0) is 24.2. The van der Waals surface area contributed by atoms with E-state index in [2.05, 4.69) is 10.2 Å². The number of anilines is 1. The highest BCUT2D eigenvalue weighted by atomic mass is 16.5. The number of amides is 1. The highest BCUT2D eigenvalue weighted by Crippen LogP contribution is 2.50. The molecule has 1 saturated heterocycles. The van der Waals surface area contributed by atoms with E-state index < -0.39 is 0 Å². The summed E-state index contributed by atoms with van der Waals surface area (Å²) in [6.07, 6.45) is 1.68. The van der Waals surface area contributed by atoms with Crippen molar-refractivity contribution in [3.63, 3.8) is 0 Å². The van der Waals surface area contributed by atoms with E-state index in [1.807, 2.05) is 25.1 Å². The third kappa shape index (κ3) is 4.42. The van der Waals surface area contributed by atoms with Crippen LogP contribution < -0.4 is 29.9 Å². The first-order valence-corrected chi connectivity index (χ1v) is 11.6. The van der Waals surface area contributed by atoms with Gasteiger partial charge in [-0.05, 0) is 47.7 Å². The molecule has 0 saturated carbocycles. The fourth-order valence-electron chi connectivity index (χ4n) is 4.82. The van der Waals surface area contributed by atoms with Gasteiger partial charge >= 0.3 is 0 Å². The van der Waals surface area contributed by atoms with Crippen LogP contribution in [-0.4, -0.2) is 53.5 Å². The Morgan fingerprint density at radius 3 is 2.47 bits per heavy atom. The van der Waals surface area contributed by atoms with Crippen LogP contribution in [0.4, 0.5) is 5.69 Å². The minimum absolute atomic E-state index is 0.0589. The molecule has 2 aromatic carbocycles. The Hall–Kier alpha value is -3.26. The highest BCUT2D eigenvalue weighted by Gasteiger charge is 2.30. The Bertz CT molecular complexity index is 1130. The minimum Gasteiger partial charge on any atom is -0.493 e. The van der Waals surface area contributed by atoms with Gasteiger partial charge in [-0.3, -0.25) is 9.59 Å². The van der Waals surface area contributed by atoms with Gasteiger partial charge in [0.2, 0.25) is 17.1 Å². The second-order valence-corrected chi connectivity index (χ2v) is 8.39. The standard InChI is InChI=1S/C26H32N2O6/c1-5-23(30)27-19-8-6-16-14-22(31-2)25(32-3)26(33-4)24(16)17-7-9-20(21(29)15-18(17)19)28-10-12-34-13-11-28/h7,9,14-15,19H,5-6,8,10-13H2,1-4H3,(H,27,30)/t19-/m0/s1. The number of benzene rings is 1. The highest BCUT2D eigenvalue weighted by molar-refractivity contribution is 5.84. The molecule has 34 heavy (non-hydrogen) atoms. The lowest BCUT2D eigenvalue weighted by Crippen LogP contribution is -2.38. The van der Waals surface area contributed by atoms with Crippen molar-refractivity contribution < 1.29 is 23.7 Å². The van der Waals surface area contributed by atoms with Crippen molar-refractivity contribution in [3.8, 4) is 28.4 Å². The van der Waals surface area contributed by atoms with Crippen molar-refractivity contribution in [3.05, 3.63) is 45.6 Å². The largest absolute Gasteiger partial charge is 0.493 e. The lowest BCUT2D eigenvalue weighted by Gasteiger charge is -2.27. The molecule has 1 N–H and O–H groups in total. The Labute approximate surface area is 199 Å². The summed E-state index contributed by atoms with van der Waals surface area (Å²) in [5.74, 6) is 1.56. The summed E-state index contributed by atoms with van der Waals surface area (Å²) in [4.78, 5) is 27.9. The predicted molar refractivity (Wildman–Crippen MR) is 130 cm³/mol. The van der Waals surface area contributed by atoms with Gasteiger partial charge in [-0.1, -0.05) is 13.0 Å². The Morgan fingerprint density at radius 2 is 1.82 bits per heavy atom. The molecule has 182 valence electrons. The van der Waals surface area contributed by atoms with Crippen LogP contribution in [0.3, 0.4) is 0 Å². The first-order valence-electron chi connectivity index (χ1n) is 11.6. The summed E-state index contributed by atoms with van der Waals surface area (Å²) < 4.78 is 22.5. The number of nitrogens with one attached hydrogen (secondary N) is 1. The Morgan fingerprint density at radius 1 is 1.09 bits per heavy atom. The van der Waals surface area contributed by atoms with Crippen LogP contribution >= 0.6 is 0 Å². The summed E-state index contributed by atoms with van der Waals surface area (Å²) in [5.41, 5.74) is 4.01. The zero-order valence-corrected chi connectivity index (χ0v) is 20.2. The molecule has 0 aromatic heterocycles. The molecule has 1 amide bonds. The molecule has 8 heteroatoms. The maximum atomic E-state index is 13.4. The number of hydrogen-bond donors (Lipinski definition) is 1. The number of nitrogens with zero attached hydrogens (tertiary/aromatic N) is 1. The number of hydrogen-bond acceptors (Lipinski definition) is 7. The summed E-state index contributed by atoms with van der Waals surface area (Å²) in [7, 11) is 4.77. The SMILES string of the molecule is CCC(=O)N[C@H]1CCc2cc(OC)c(OC)c(OC)c2-c2ccc(N3CCOCC3)c(=O)cc21. The maximum absolute atomic E-state index is 13.4. The monoisotopic (exact) mass is 468 g/mol. The van der Waals surface area contributed by atoms with E-state index in [-0.39, 0.29) is 17.4 Å². The van der Waals surface area contributed by atoms with Crippen molar-refractivity contribution in [1.29, 1.82) is 0 Å². The van der Waals surface area contributed by atoms with Gasteiger partial charge in [0.1, 0.15) is 0 Å². The molecule has 2 aromatic rings. The third-order valence-corrected chi connectivity index (χ3v) is 6.52. The summed E-state index contributed by atoms with van der Waals surface area (Å²) in [6, 6.07) is 7.15. The molecule has 8 nitrogen and oxygen atoms in total. The predicted octanol–water partition coefficient (Wildman–Crippen LogP) is 3.09. The molecule has 0 radical (unpaired) electrons. The second kappa shape index (κ2) is 10.3. The topological polar surface area (TPSA) is 86.3 Å². The van der Waals surface area contributed by atoms with Gasteiger partial charge in [0.25, 0.3) is 0 Å². The van der Waals surface area contributed by atoms with E-state index in [9.17, 15) is 9.59 Å². The average Bonchev–Trinajstić information content (AvgIpc) is 3.12. The molecule has 0 unspecified atom stereocenters. The van der Waals surface area contributed by atoms with E-state index in [1.54, 1.807) is 27.4 Å². The van der Waals surface area contributed by atoms with E-state index in [4.69, 9.17) is 18.9 Å². The maximum Gasteiger partial charge on any atom is 0.220 e. The number of aryl methyl sites for hydroxylation is 1. The van der Waals surface area contributed by atoms with Gasteiger partial charge in [-0.15, -0.1) is 0 Å². The van der Waals surface area contributed by atoms with E-state index in [1.165, 1.54) is 0 Å². The van der Waals surface area contributed by atoms with E-state index in [0.29, 0.717) is 68.5 Å². The molecule has 4 rings (SSSR count). The van der Waals surface area contributed by atoms with Crippen LogP contribution in [-0.2, 0) is 16.0 Å². The Kier molecular flexibility index (Phi) is 7.26. The van der Waals surface area contributed by atoms with Crippen LogP contribution in [0.5, 0.6) is 17.2 Å². The molecule has 1 atom stereocenters. The first-order chi connectivity index (χ1) is 16.5. The van der Waals surface area contributed by atoms with Crippen LogP contribution in [0, 0.1) is 0 Å². The number of fused-ring (bicyclic) bond motifs is 3. The summed E-state index contributed by atoms with van der Waals surface area (Å²) in [5, 5.41) is 3.12. The van der Waals surface area contributed by atoms with Gasteiger partial charge in [0.05, 0.1) is 46.3 Å². The van der Waals surface area contributed by atoms with E-state index >= 15 is 0 Å². The smallest absolute Gasteiger partial charge is 0.220 e. The van der Waals surface area contributed by atoms with Crippen LogP contribution in [0.25, 0.3) is 11.1 Å². The van der Waals surface area contributed by atoms with Gasteiger partial charge in [0, 0.05) is 25.1 Å². The van der Waals surface area contributed by atoms with Crippen molar-refractivity contribution in [2.45, 2.75) is 32.2 Å². The number of methoxy groups -OCH3 is 3. The zero-order valence-electron chi connectivity index (χ0n) is 20.2. The second-order valence-electron chi connectivity index (χ2n) is 8.39. The molecule has 1 fully saturated rings. The van der Waals surface area contributed by atoms with E-state index in [0.717, 1.165) is 22.3 Å². The summed E-state index contributed by atoms with van der Waals surface area (Å²) >= 11 is 0. The molecule has 0 bridgehead atoms. The molecule has 1 heterocycles. The number of morpholine rings is 1. The minimum atomic E-state index is -0.311. The molecular weight excluding hydrogens is 436 g/mol. The van der Waals surface area contributed by atoms with Crippen molar-refractivity contribution in [2.75, 3.05) is 52.5 Å². The van der Waals surface area contributed by atoms with Crippen molar-refractivity contribution in [1.82, 2.24) is 5.32 Å². The Balaban J connectivity index is 1.99. The third-order valence-electron chi connectivity index (χ3n) is 6.52. The normalized spacial score (nSPS) is 17.2. The van der Waals surface area contributed by atoms with Gasteiger partial charge in [-0.25, -0.2) is 0 Å². The summed E-state index contributed by atoms with van der Waals surface area (Å²) in [6.45, 7) is 4.30. The van der Waals surface area contributed by atoms with Crippen LogP contribution in [0.1, 0.15) is 36.9 Å². The number of rotatable bonds is 6. The molecule has 1 aliphatic heterocycles. The fraction of sp³-hybridized carbons (Fsp3) is 0.462. The van der Waals surface area contributed by atoms with Gasteiger partial charge in [0.15, 0.2) is 11.5 Å². The van der Waals surface area contributed by atoms with Gasteiger partial charge < -0.3 is 29.2 Å². The molecule has 1 aliphatic carbocycles. The van der Waals surface area contributed by atoms with Crippen LogP contribution in [0.2, 0.25) is 0 Å². The van der Waals surface area contributed by atoms with Crippen LogP contribution in [0.15, 0.2) is 29.1 Å². The molecular formula is C26H32N2O6. The van der Waals surface area contributed by atoms with Crippen molar-refractivity contribution in [2.24, 2.45) is 0 Å². The molecule has 0 spiro atoms. The average molecular weight is 469 g/mol. The number of carbonyl (C=O) groups is 1. The quantitative estimate of drug-likeness (QED) is 0.697. The number of carbonyl (C=O) groups excluding carboxylic acids is 1. The molecule has 2 aliphatic rings. The number of ether oxygens (including phenoxy) is 4. The first kappa shape index (κ1) is 23.9. The fourth-order valence-corrected chi connectivity index (χ4v) is 4.82.